The van der Waals surface area contributed by atoms with E-state index in [2.05, 4.69) is 9.97 Å². The van der Waals surface area contributed by atoms with E-state index in [1.807, 2.05) is 30.3 Å². The predicted octanol–water partition coefficient (Wildman–Crippen LogP) is 4.32. The van der Waals surface area contributed by atoms with E-state index in [-0.39, 0.29) is 5.82 Å². The largest absolute Gasteiger partial charge is 0.493 e. The second kappa shape index (κ2) is 6.51. The van der Waals surface area contributed by atoms with Crippen LogP contribution in [0, 0.1) is 11.7 Å². The summed E-state index contributed by atoms with van der Waals surface area (Å²) in [5.41, 5.74) is 8.04. The van der Waals surface area contributed by atoms with Crippen LogP contribution in [-0.4, -0.2) is 16.6 Å². The maximum atomic E-state index is 14.6. The monoisotopic (exact) mass is 335 g/mol. The lowest BCUT2D eigenvalue weighted by Crippen LogP contribution is -2.00. The summed E-state index contributed by atoms with van der Waals surface area (Å²) < 4.78 is 20.6. The molecule has 1 heterocycles. The van der Waals surface area contributed by atoms with Crippen molar-refractivity contribution in [2.45, 2.75) is 12.8 Å². The fraction of sp³-hybridized carbons (Fsp3) is 0.200. The average molecular weight is 335 g/mol. The number of para-hydroxylation sites is 1. The fourth-order valence-electron chi connectivity index (χ4n) is 2.69. The van der Waals surface area contributed by atoms with Gasteiger partial charge < -0.3 is 10.5 Å². The molecule has 4 rings (SSSR count). The van der Waals surface area contributed by atoms with Crippen LogP contribution in [0.2, 0.25) is 0 Å². The lowest BCUT2D eigenvalue weighted by molar-refractivity contribution is 0.301. The number of ether oxygens (including phenoxy) is 1. The summed E-state index contributed by atoms with van der Waals surface area (Å²) in [6.45, 7) is 0.721. The first-order valence-corrected chi connectivity index (χ1v) is 8.30. The van der Waals surface area contributed by atoms with Crippen molar-refractivity contribution in [1.29, 1.82) is 0 Å². The number of hydrogen-bond donors (Lipinski definition) is 1. The van der Waals surface area contributed by atoms with Gasteiger partial charge in [0.05, 0.1) is 24.7 Å². The molecule has 3 aromatic rings. The number of aromatic nitrogens is 2. The SMILES string of the molecule is Nc1cnc(-c2ccc(-c3ccccc3OCC3CC3)cc2F)cn1. The molecule has 2 N–H and O–H groups in total. The molecule has 4 nitrogen and oxygen atoms in total. The minimum atomic E-state index is -0.353. The third-order valence-electron chi connectivity index (χ3n) is 4.29. The van der Waals surface area contributed by atoms with Crippen LogP contribution in [0.4, 0.5) is 10.2 Å². The summed E-state index contributed by atoms with van der Waals surface area (Å²) in [5, 5.41) is 0. The molecular formula is C20H18FN3O. The van der Waals surface area contributed by atoms with Gasteiger partial charge in [-0.25, -0.2) is 9.37 Å². The van der Waals surface area contributed by atoms with E-state index in [1.54, 1.807) is 6.07 Å². The molecule has 1 fully saturated rings. The molecule has 1 aliphatic carbocycles. The Hall–Kier alpha value is -2.95. The molecule has 0 radical (unpaired) electrons. The Bertz CT molecular complexity index is 892. The number of nitrogens with two attached hydrogens (primary N) is 1. The third-order valence-corrected chi connectivity index (χ3v) is 4.29. The first-order chi connectivity index (χ1) is 12.2. The molecule has 0 atom stereocenters. The number of rotatable bonds is 5. The molecule has 1 aromatic heterocycles. The number of hydrogen-bond acceptors (Lipinski definition) is 4. The highest BCUT2D eigenvalue weighted by molar-refractivity contribution is 5.73. The van der Waals surface area contributed by atoms with Crippen LogP contribution in [0.15, 0.2) is 54.9 Å². The summed E-state index contributed by atoms with van der Waals surface area (Å²) >= 11 is 0. The van der Waals surface area contributed by atoms with Crippen LogP contribution < -0.4 is 10.5 Å². The normalized spacial score (nSPS) is 13.6. The Morgan fingerprint density at radius 2 is 1.88 bits per heavy atom. The first-order valence-electron chi connectivity index (χ1n) is 8.30. The molecule has 25 heavy (non-hydrogen) atoms. The molecule has 0 spiro atoms. The van der Waals surface area contributed by atoms with Crippen LogP contribution >= 0.6 is 0 Å². The minimum Gasteiger partial charge on any atom is -0.493 e. The molecule has 0 saturated heterocycles. The molecule has 2 aromatic carbocycles. The van der Waals surface area contributed by atoms with E-state index in [9.17, 15) is 4.39 Å². The Balaban J connectivity index is 1.65. The van der Waals surface area contributed by atoms with Crippen LogP contribution in [0.25, 0.3) is 22.4 Å². The fourth-order valence-corrected chi connectivity index (χ4v) is 2.69. The van der Waals surface area contributed by atoms with Gasteiger partial charge >= 0.3 is 0 Å². The van der Waals surface area contributed by atoms with Crippen LogP contribution in [0.5, 0.6) is 5.75 Å². The van der Waals surface area contributed by atoms with Gasteiger partial charge in [0.25, 0.3) is 0 Å². The van der Waals surface area contributed by atoms with Gasteiger partial charge in [0, 0.05) is 11.1 Å². The summed E-state index contributed by atoms with van der Waals surface area (Å²) in [4.78, 5) is 8.10. The zero-order chi connectivity index (χ0) is 17.2. The highest BCUT2D eigenvalue weighted by Crippen LogP contribution is 2.35. The van der Waals surface area contributed by atoms with E-state index >= 15 is 0 Å². The van der Waals surface area contributed by atoms with Gasteiger partial charge in [-0.15, -0.1) is 0 Å². The second-order valence-corrected chi connectivity index (χ2v) is 6.27. The van der Waals surface area contributed by atoms with Gasteiger partial charge in [0.15, 0.2) is 0 Å². The molecule has 5 heteroatoms. The zero-order valence-electron chi connectivity index (χ0n) is 13.7. The number of nitrogens with zero attached hydrogens (tertiary/aromatic N) is 2. The Morgan fingerprint density at radius 3 is 2.60 bits per heavy atom. The van der Waals surface area contributed by atoms with Crippen LogP contribution in [0.3, 0.4) is 0 Å². The van der Waals surface area contributed by atoms with Gasteiger partial charge in [-0.1, -0.05) is 24.3 Å². The van der Waals surface area contributed by atoms with E-state index < -0.39 is 0 Å². The number of anilines is 1. The Kier molecular flexibility index (Phi) is 4.06. The van der Waals surface area contributed by atoms with Crippen molar-refractivity contribution >= 4 is 5.82 Å². The number of benzene rings is 2. The summed E-state index contributed by atoms with van der Waals surface area (Å²) in [6.07, 6.45) is 5.35. The summed E-state index contributed by atoms with van der Waals surface area (Å²) in [7, 11) is 0. The molecule has 0 aliphatic heterocycles. The maximum Gasteiger partial charge on any atom is 0.141 e. The molecular weight excluding hydrogens is 317 g/mol. The van der Waals surface area contributed by atoms with Crippen LogP contribution in [0.1, 0.15) is 12.8 Å². The van der Waals surface area contributed by atoms with E-state index in [0.29, 0.717) is 23.0 Å². The lowest BCUT2D eigenvalue weighted by Gasteiger charge is -2.12. The lowest BCUT2D eigenvalue weighted by atomic mass is 10.0. The molecule has 126 valence electrons. The molecule has 0 amide bonds. The zero-order valence-corrected chi connectivity index (χ0v) is 13.7. The van der Waals surface area contributed by atoms with E-state index in [0.717, 1.165) is 23.5 Å². The minimum absolute atomic E-state index is 0.308. The number of nitrogen functional groups attached to an aromatic ring is 1. The van der Waals surface area contributed by atoms with Crippen molar-refractivity contribution in [2.24, 2.45) is 5.92 Å². The van der Waals surface area contributed by atoms with Gasteiger partial charge in [0.2, 0.25) is 0 Å². The van der Waals surface area contributed by atoms with E-state index in [4.69, 9.17) is 10.5 Å². The standard InChI is InChI=1S/C20H18FN3O/c21-17-9-14(7-8-16(17)18-10-24-20(22)11-23-18)15-3-1-2-4-19(15)25-12-13-5-6-13/h1-4,7-11,13H,5-6,12H2,(H2,22,24). The average Bonchev–Trinajstić information content (AvgIpc) is 3.46. The summed E-state index contributed by atoms with van der Waals surface area (Å²) in [6, 6.07) is 12.8. The highest BCUT2D eigenvalue weighted by atomic mass is 19.1. The molecule has 0 unspecified atom stereocenters. The Labute approximate surface area is 145 Å². The second-order valence-electron chi connectivity index (χ2n) is 6.27. The Morgan fingerprint density at radius 1 is 1.04 bits per heavy atom. The first kappa shape index (κ1) is 15.6. The van der Waals surface area contributed by atoms with E-state index in [1.165, 1.54) is 31.3 Å². The van der Waals surface area contributed by atoms with Crippen molar-refractivity contribution in [3.63, 3.8) is 0 Å². The van der Waals surface area contributed by atoms with Gasteiger partial charge in [-0.2, -0.15) is 0 Å². The van der Waals surface area contributed by atoms with Gasteiger partial charge in [-0.05, 0) is 42.5 Å². The van der Waals surface area contributed by atoms with Gasteiger partial charge in [0.1, 0.15) is 17.4 Å². The highest BCUT2D eigenvalue weighted by Gasteiger charge is 2.22. The van der Waals surface area contributed by atoms with Gasteiger partial charge in [-0.3, -0.25) is 4.98 Å². The van der Waals surface area contributed by atoms with Crippen molar-refractivity contribution < 1.29 is 9.13 Å². The third kappa shape index (κ3) is 3.45. The topological polar surface area (TPSA) is 61.0 Å². The maximum absolute atomic E-state index is 14.6. The van der Waals surface area contributed by atoms with Crippen LogP contribution in [-0.2, 0) is 0 Å². The van der Waals surface area contributed by atoms with Crippen molar-refractivity contribution in [2.75, 3.05) is 12.3 Å². The quantitative estimate of drug-likeness (QED) is 0.754. The molecule has 0 bridgehead atoms. The predicted molar refractivity (Wildman–Crippen MR) is 95.5 cm³/mol. The van der Waals surface area contributed by atoms with Crippen molar-refractivity contribution in [3.8, 4) is 28.1 Å². The summed E-state index contributed by atoms with van der Waals surface area (Å²) in [5.74, 6) is 1.40. The smallest absolute Gasteiger partial charge is 0.141 e. The molecule has 1 aliphatic rings. The number of halogens is 1. The van der Waals surface area contributed by atoms with Crippen molar-refractivity contribution in [1.82, 2.24) is 9.97 Å². The van der Waals surface area contributed by atoms with Crippen molar-refractivity contribution in [3.05, 3.63) is 60.7 Å². The molecule has 1 saturated carbocycles.